The van der Waals surface area contributed by atoms with Crippen molar-refractivity contribution in [2.75, 3.05) is 32.6 Å². The molecule has 1 aromatic carbocycles. The van der Waals surface area contributed by atoms with Crippen molar-refractivity contribution in [2.24, 2.45) is 5.92 Å². The molecule has 0 bridgehead atoms. The SMILES string of the molecule is CCCOc1ccccc1NC(=O)O[C@H]1CCC[C@@H]1CN(C)C. The molecule has 1 aliphatic rings. The number of nitrogens with zero attached hydrogens (tertiary/aromatic N) is 1. The smallest absolute Gasteiger partial charge is 0.412 e. The molecule has 0 aromatic heterocycles. The molecule has 0 radical (unpaired) electrons. The highest BCUT2D eigenvalue weighted by molar-refractivity contribution is 5.86. The van der Waals surface area contributed by atoms with Crippen molar-refractivity contribution in [3.8, 4) is 5.75 Å². The Bertz CT molecular complexity index is 505. The maximum atomic E-state index is 12.2. The largest absolute Gasteiger partial charge is 0.491 e. The van der Waals surface area contributed by atoms with E-state index in [1.807, 2.05) is 24.3 Å². The van der Waals surface area contributed by atoms with E-state index in [2.05, 4.69) is 31.2 Å². The highest BCUT2D eigenvalue weighted by Gasteiger charge is 2.30. The Balaban J connectivity index is 1.92. The molecule has 2 atom stereocenters. The fraction of sp³-hybridized carbons (Fsp3) is 0.611. The first-order chi connectivity index (χ1) is 11.1. The Labute approximate surface area is 139 Å². The molecular weight excluding hydrogens is 292 g/mol. The van der Waals surface area contributed by atoms with Crippen LogP contribution < -0.4 is 10.1 Å². The number of carbonyl (C=O) groups excluding carboxylic acids is 1. The Kier molecular flexibility index (Phi) is 6.71. The molecule has 1 N–H and O–H groups in total. The van der Waals surface area contributed by atoms with Crippen molar-refractivity contribution in [1.29, 1.82) is 0 Å². The third-order valence-electron chi connectivity index (χ3n) is 4.03. The van der Waals surface area contributed by atoms with Crippen LogP contribution in [0, 0.1) is 5.92 Å². The van der Waals surface area contributed by atoms with E-state index < -0.39 is 6.09 Å². The topological polar surface area (TPSA) is 50.8 Å². The molecular formula is C18H28N2O3. The fourth-order valence-corrected chi connectivity index (χ4v) is 3.02. The monoisotopic (exact) mass is 320 g/mol. The van der Waals surface area contributed by atoms with Crippen molar-refractivity contribution >= 4 is 11.8 Å². The Morgan fingerprint density at radius 2 is 2.09 bits per heavy atom. The predicted octanol–water partition coefficient (Wildman–Crippen LogP) is 3.75. The van der Waals surface area contributed by atoms with E-state index in [-0.39, 0.29) is 6.10 Å². The summed E-state index contributed by atoms with van der Waals surface area (Å²) in [4.78, 5) is 14.4. The molecule has 2 rings (SSSR count). The zero-order valence-corrected chi connectivity index (χ0v) is 14.4. The third-order valence-corrected chi connectivity index (χ3v) is 4.03. The molecule has 23 heavy (non-hydrogen) atoms. The first-order valence-electron chi connectivity index (χ1n) is 8.44. The summed E-state index contributed by atoms with van der Waals surface area (Å²) in [6.45, 7) is 3.63. The quantitative estimate of drug-likeness (QED) is 0.831. The van der Waals surface area contributed by atoms with Crippen LogP contribution in [-0.2, 0) is 4.74 Å². The normalized spacial score (nSPS) is 20.5. The summed E-state index contributed by atoms with van der Waals surface area (Å²) in [7, 11) is 4.10. The van der Waals surface area contributed by atoms with Crippen LogP contribution in [0.2, 0.25) is 0 Å². The molecule has 1 aliphatic carbocycles. The van der Waals surface area contributed by atoms with Crippen molar-refractivity contribution in [2.45, 2.75) is 38.7 Å². The second-order valence-electron chi connectivity index (χ2n) is 6.37. The standard InChI is InChI=1S/C18H28N2O3/c1-4-12-22-17-10-6-5-9-15(17)19-18(21)23-16-11-7-8-14(16)13-20(2)3/h5-6,9-10,14,16H,4,7-8,11-13H2,1-3H3,(H,19,21)/t14-,16+/m1/s1. The number of anilines is 1. The Morgan fingerprint density at radius 3 is 2.83 bits per heavy atom. The van der Waals surface area contributed by atoms with Crippen LogP contribution in [0.1, 0.15) is 32.6 Å². The van der Waals surface area contributed by atoms with Gasteiger partial charge in [-0.3, -0.25) is 5.32 Å². The maximum absolute atomic E-state index is 12.2. The lowest BCUT2D eigenvalue weighted by Crippen LogP contribution is -2.31. The number of rotatable bonds is 7. The van der Waals surface area contributed by atoms with Crippen LogP contribution in [0.15, 0.2) is 24.3 Å². The number of para-hydroxylation sites is 2. The lowest BCUT2D eigenvalue weighted by molar-refractivity contribution is 0.0780. The van der Waals surface area contributed by atoms with Gasteiger partial charge in [0.1, 0.15) is 11.9 Å². The van der Waals surface area contributed by atoms with Gasteiger partial charge in [-0.1, -0.05) is 19.1 Å². The van der Waals surface area contributed by atoms with Gasteiger partial charge in [-0.25, -0.2) is 4.79 Å². The number of hydrogen-bond donors (Lipinski definition) is 1. The molecule has 5 heteroatoms. The Morgan fingerprint density at radius 1 is 1.30 bits per heavy atom. The van der Waals surface area contributed by atoms with Crippen LogP contribution in [0.5, 0.6) is 5.75 Å². The zero-order chi connectivity index (χ0) is 16.7. The van der Waals surface area contributed by atoms with Gasteiger partial charge in [0.25, 0.3) is 0 Å². The van der Waals surface area contributed by atoms with Crippen LogP contribution in [0.4, 0.5) is 10.5 Å². The van der Waals surface area contributed by atoms with E-state index in [4.69, 9.17) is 9.47 Å². The molecule has 0 heterocycles. The summed E-state index contributed by atoms with van der Waals surface area (Å²) in [5, 5.41) is 2.82. The first-order valence-corrected chi connectivity index (χ1v) is 8.44. The summed E-state index contributed by atoms with van der Waals surface area (Å²) >= 11 is 0. The van der Waals surface area contributed by atoms with Gasteiger partial charge in [-0.15, -0.1) is 0 Å². The van der Waals surface area contributed by atoms with Gasteiger partial charge < -0.3 is 14.4 Å². The maximum Gasteiger partial charge on any atom is 0.412 e. The number of carbonyl (C=O) groups is 1. The van der Waals surface area contributed by atoms with Gasteiger partial charge in [0.2, 0.25) is 0 Å². The molecule has 1 fully saturated rings. The summed E-state index contributed by atoms with van der Waals surface area (Å²) < 4.78 is 11.3. The highest BCUT2D eigenvalue weighted by atomic mass is 16.6. The van der Waals surface area contributed by atoms with E-state index in [0.717, 1.165) is 32.2 Å². The average molecular weight is 320 g/mol. The minimum atomic E-state index is -0.395. The molecule has 0 unspecified atom stereocenters. The van der Waals surface area contributed by atoms with Crippen molar-refractivity contribution in [1.82, 2.24) is 4.90 Å². The van der Waals surface area contributed by atoms with Crippen LogP contribution in [0.3, 0.4) is 0 Å². The van der Waals surface area contributed by atoms with Crippen molar-refractivity contribution < 1.29 is 14.3 Å². The second-order valence-corrected chi connectivity index (χ2v) is 6.37. The van der Waals surface area contributed by atoms with Crippen molar-refractivity contribution in [3.05, 3.63) is 24.3 Å². The van der Waals surface area contributed by atoms with Gasteiger partial charge in [0.15, 0.2) is 0 Å². The third kappa shape index (κ3) is 5.43. The number of nitrogens with one attached hydrogen (secondary N) is 1. The van der Waals surface area contributed by atoms with Gasteiger partial charge in [-0.2, -0.15) is 0 Å². The molecule has 0 spiro atoms. The van der Waals surface area contributed by atoms with Gasteiger partial charge in [0, 0.05) is 12.5 Å². The van der Waals surface area contributed by atoms with Gasteiger partial charge >= 0.3 is 6.09 Å². The number of ether oxygens (including phenoxy) is 2. The van der Waals surface area contributed by atoms with E-state index in [1.165, 1.54) is 0 Å². The second kappa shape index (κ2) is 8.77. The predicted molar refractivity (Wildman–Crippen MR) is 92.0 cm³/mol. The highest BCUT2D eigenvalue weighted by Crippen LogP contribution is 2.30. The zero-order valence-electron chi connectivity index (χ0n) is 14.4. The van der Waals surface area contributed by atoms with Gasteiger partial charge in [-0.05, 0) is 51.9 Å². The molecule has 0 saturated heterocycles. The molecule has 1 aromatic rings. The first kappa shape index (κ1) is 17.6. The minimum Gasteiger partial charge on any atom is -0.491 e. The lowest BCUT2D eigenvalue weighted by Gasteiger charge is -2.23. The number of hydrogen-bond acceptors (Lipinski definition) is 4. The van der Waals surface area contributed by atoms with Crippen molar-refractivity contribution in [3.63, 3.8) is 0 Å². The molecule has 5 nitrogen and oxygen atoms in total. The summed E-state index contributed by atoms with van der Waals surface area (Å²) in [5.74, 6) is 1.10. The lowest BCUT2D eigenvalue weighted by atomic mass is 10.1. The molecule has 0 aliphatic heterocycles. The van der Waals surface area contributed by atoms with E-state index in [1.54, 1.807) is 0 Å². The van der Waals surface area contributed by atoms with Crippen LogP contribution >= 0.6 is 0 Å². The fourth-order valence-electron chi connectivity index (χ4n) is 3.02. The van der Waals surface area contributed by atoms with Gasteiger partial charge in [0.05, 0.1) is 12.3 Å². The van der Waals surface area contributed by atoms with Crippen LogP contribution in [0.25, 0.3) is 0 Å². The molecule has 128 valence electrons. The van der Waals surface area contributed by atoms with E-state index >= 15 is 0 Å². The number of amides is 1. The summed E-state index contributed by atoms with van der Waals surface area (Å²) in [5.41, 5.74) is 0.660. The minimum absolute atomic E-state index is 0.00104. The van der Waals surface area contributed by atoms with E-state index in [9.17, 15) is 4.79 Å². The molecule has 1 saturated carbocycles. The Hall–Kier alpha value is -1.75. The average Bonchev–Trinajstić information content (AvgIpc) is 2.92. The van der Waals surface area contributed by atoms with Crippen LogP contribution in [-0.4, -0.2) is 44.3 Å². The summed E-state index contributed by atoms with van der Waals surface area (Å²) in [6, 6.07) is 7.46. The molecule has 1 amide bonds. The number of benzene rings is 1. The van der Waals surface area contributed by atoms with E-state index in [0.29, 0.717) is 24.0 Å². The summed E-state index contributed by atoms with van der Waals surface area (Å²) in [6.07, 6.45) is 3.71.